The third-order valence-corrected chi connectivity index (χ3v) is 4.99. The van der Waals surface area contributed by atoms with Crippen molar-refractivity contribution in [1.29, 1.82) is 0 Å². The maximum atomic E-state index is 12.6. The molecule has 0 fully saturated rings. The molecule has 2 aromatic carbocycles. The molecule has 0 saturated carbocycles. The number of benzene rings is 2. The molecule has 3 unspecified atom stereocenters. The van der Waals surface area contributed by atoms with Crippen LogP contribution in [0.2, 0.25) is 0 Å². The number of ether oxygens (including phenoxy) is 1. The molecule has 0 aliphatic heterocycles. The second kappa shape index (κ2) is 6.68. The third-order valence-electron chi connectivity index (χ3n) is 3.30. The molecule has 0 heterocycles. The fourth-order valence-corrected chi connectivity index (χ4v) is 3.32. The fraction of sp³-hybridized carbons (Fsp3) is 0.250. The normalized spacial score (nSPS) is 15.3. The summed E-state index contributed by atoms with van der Waals surface area (Å²) in [6, 6.07) is 16.8. The zero-order valence-electron chi connectivity index (χ0n) is 11.7. The maximum absolute atomic E-state index is 12.6. The average Bonchev–Trinajstić information content (AvgIpc) is 2.53. The Labute approximate surface area is 122 Å². The van der Waals surface area contributed by atoms with Gasteiger partial charge in [0.2, 0.25) is 0 Å². The Bertz CT molecular complexity index is 586. The molecular formula is C16H19NO2S. The van der Waals surface area contributed by atoms with Gasteiger partial charge in [-0.25, -0.2) is 0 Å². The zero-order chi connectivity index (χ0) is 14.5. The molecule has 0 spiro atoms. The minimum Gasteiger partial charge on any atom is -0.497 e. The standard InChI is InChI=1S/C16H19NO2S/c1-12(16(17)13-7-4-3-5-8-13)20(18)15-10-6-9-14(11-15)19-2/h3-12,16H,17H2,1-2H3. The van der Waals surface area contributed by atoms with E-state index in [-0.39, 0.29) is 11.3 Å². The summed E-state index contributed by atoms with van der Waals surface area (Å²) in [6.07, 6.45) is 0. The van der Waals surface area contributed by atoms with Gasteiger partial charge in [0.25, 0.3) is 0 Å². The highest BCUT2D eigenvalue weighted by Gasteiger charge is 2.22. The van der Waals surface area contributed by atoms with Crippen LogP contribution in [0.5, 0.6) is 5.75 Å². The quantitative estimate of drug-likeness (QED) is 0.921. The Morgan fingerprint density at radius 3 is 2.45 bits per heavy atom. The van der Waals surface area contributed by atoms with Crippen LogP contribution < -0.4 is 10.5 Å². The minimum absolute atomic E-state index is 0.176. The molecule has 2 aromatic rings. The summed E-state index contributed by atoms with van der Waals surface area (Å²) in [5.74, 6) is 0.705. The van der Waals surface area contributed by atoms with E-state index in [1.807, 2.05) is 55.5 Å². The van der Waals surface area contributed by atoms with Crippen molar-refractivity contribution in [3.63, 3.8) is 0 Å². The van der Waals surface area contributed by atoms with E-state index in [2.05, 4.69) is 0 Å². The van der Waals surface area contributed by atoms with E-state index >= 15 is 0 Å². The molecule has 4 heteroatoms. The molecule has 0 amide bonds. The smallest absolute Gasteiger partial charge is 0.120 e. The summed E-state index contributed by atoms with van der Waals surface area (Å²) in [6.45, 7) is 1.91. The van der Waals surface area contributed by atoms with E-state index < -0.39 is 10.8 Å². The first kappa shape index (κ1) is 14.8. The molecule has 0 bridgehead atoms. The highest BCUT2D eigenvalue weighted by Crippen LogP contribution is 2.24. The lowest BCUT2D eigenvalue weighted by atomic mass is 10.1. The second-order valence-electron chi connectivity index (χ2n) is 4.62. The first-order valence-corrected chi connectivity index (χ1v) is 7.70. The van der Waals surface area contributed by atoms with Gasteiger partial charge in [-0.05, 0) is 30.7 Å². The van der Waals surface area contributed by atoms with Crippen LogP contribution in [0.15, 0.2) is 59.5 Å². The van der Waals surface area contributed by atoms with E-state index in [0.29, 0.717) is 5.75 Å². The summed E-state index contributed by atoms with van der Waals surface area (Å²) in [5.41, 5.74) is 7.22. The number of hydrogen-bond acceptors (Lipinski definition) is 3. The van der Waals surface area contributed by atoms with Gasteiger partial charge in [-0.1, -0.05) is 36.4 Å². The number of methoxy groups -OCH3 is 1. The molecule has 0 saturated heterocycles. The van der Waals surface area contributed by atoms with Crippen molar-refractivity contribution in [1.82, 2.24) is 0 Å². The molecule has 3 atom stereocenters. The van der Waals surface area contributed by atoms with Crippen LogP contribution in [0, 0.1) is 0 Å². The van der Waals surface area contributed by atoms with Crippen molar-refractivity contribution in [2.24, 2.45) is 5.73 Å². The van der Waals surface area contributed by atoms with E-state index in [1.54, 1.807) is 13.2 Å². The number of nitrogens with two attached hydrogens (primary N) is 1. The van der Waals surface area contributed by atoms with Crippen LogP contribution in [-0.4, -0.2) is 16.6 Å². The van der Waals surface area contributed by atoms with E-state index in [0.717, 1.165) is 10.5 Å². The summed E-state index contributed by atoms with van der Waals surface area (Å²) in [4.78, 5) is 0.739. The van der Waals surface area contributed by atoms with Crippen LogP contribution in [0.3, 0.4) is 0 Å². The molecule has 2 rings (SSSR count). The van der Waals surface area contributed by atoms with Gasteiger partial charge in [0.15, 0.2) is 0 Å². The van der Waals surface area contributed by atoms with Gasteiger partial charge in [0.05, 0.1) is 23.2 Å². The van der Waals surface area contributed by atoms with Crippen LogP contribution in [0.1, 0.15) is 18.5 Å². The monoisotopic (exact) mass is 289 g/mol. The molecule has 2 N–H and O–H groups in total. The Kier molecular flexibility index (Phi) is 4.93. The van der Waals surface area contributed by atoms with Crippen LogP contribution in [0.25, 0.3) is 0 Å². The highest BCUT2D eigenvalue weighted by atomic mass is 32.2. The van der Waals surface area contributed by atoms with Crippen molar-refractivity contribution < 1.29 is 8.95 Å². The minimum atomic E-state index is -1.18. The topological polar surface area (TPSA) is 52.3 Å². The van der Waals surface area contributed by atoms with Crippen molar-refractivity contribution in [3.8, 4) is 5.75 Å². The van der Waals surface area contributed by atoms with Gasteiger partial charge in [-0.3, -0.25) is 4.21 Å². The lowest BCUT2D eigenvalue weighted by molar-refractivity contribution is 0.413. The van der Waals surface area contributed by atoms with Crippen molar-refractivity contribution in [3.05, 3.63) is 60.2 Å². The molecule has 3 nitrogen and oxygen atoms in total. The molecule has 0 radical (unpaired) electrons. The zero-order valence-corrected chi connectivity index (χ0v) is 12.5. The molecule has 106 valence electrons. The molecular weight excluding hydrogens is 270 g/mol. The van der Waals surface area contributed by atoms with Gasteiger partial charge in [-0.15, -0.1) is 0 Å². The predicted octanol–water partition coefficient (Wildman–Crippen LogP) is 2.89. The van der Waals surface area contributed by atoms with Crippen LogP contribution in [0.4, 0.5) is 0 Å². The number of hydrogen-bond donors (Lipinski definition) is 1. The third kappa shape index (κ3) is 3.26. The lowest BCUT2D eigenvalue weighted by Gasteiger charge is -2.20. The molecule has 0 aliphatic carbocycles. The second-order valence-corrected chi connectivity index (χ2v) is 6.43. The molecule has 0 aliphatic rings. The van der Waals surface area contributed by atoms with Crippen molar-refractivity contribution in [2.45, 2.75) is 23.1 Å². The van der Waals surface area contributed by atoms with Gasteiger partial charge in [0.1, 0.15) is 5.75 Å². The summed E-state index contributed by atoms with van der Waals surface area (Å²) in [5, 5.41) is -0.176. The summed E-state index contributed by atoms with van der Waals surface area (Å²) in [7, 11) is 0.423. The average molecular weight is 289 g/mol. The van der Waals surface area contributed by atoms with E-state index in [4.69, 9.17) is 10.5 Å². The van der Waals surface area contributed by atoms with Crippen molar-refractivity contribution in [2.75, 3.05) is 7.11 Å². The largest absolute Gasteiger partial charge is 0.497 e. The predicted molar refractivity (Wildman–Crippen MR) is 82.2 cm³/mol. The van der Waals surface area contributed by atoms with Crippen LogP contribution >= 0.6 is 0 Å². The number of rotatable bonds is 5. The Morgan fingerprint density at radius 1 is 1.10 bits per heavy atom. The van der Waals surface area contributed by atoms with Gasteiger partial charge < -0.3 is 10.5 Å². The first-order chi connectivity index (χ1) is 9.63. The first-order valence-electron chi connectivity index (χ1n) is 6.48. The summed E-state index contributed by atoms with van der Waals surface area (Å²) >= 11 is 0. The van der Waals surface area contributed by atoms with E-state index in [9.17, 15) is 4.21 Å². The molecule has 0 aromatic heterocycles. The molecule has 20 heavy (non-hydrogen) atoms. The lowest BCUT2D eigenvalue weighted by Crippen LogP contribution is -2.27. The maximum Gasteiger partial charge on any atom is 0.120 e. The fourth-order valence-electron chi connectivity index (χ4n) is 2.02. The Hall–Kier alpha value is -1.65. The SMILES string of the molecule is COc1cccc(S(=O)C(C)C(N)c2ccccc2)c1. The van der Waals surface area contributed by atoms with Gasteiger partial charge in [0, 0.05) is 10.9 Å². The van der Waals surface area contributed by atoms with Crippen LogP contribution in [-0.2, 0) is 10.8 Å². The van der Waals surface area contributed by atoms with Gasteiger partial charge in [-0.2, -0.15) is 0 Å². The van der Waals surface area contributed by atoms with E-state index in [1.165, 1.54) is 0 Å². The Morgan fingerprint density at radius 2 is 1.80 bits per heavy atom. The van der Waals surface area contributed by atoms with Gasteiger partial charge >= 0.3 is 0 Å². The highest BCUT2D eigenvalue weighted by molar-refractivity contribution is 7.85. The van der Waals surface area contributed by atoms with Crippen molar-refractivity contribution >= 4 is 10.8 Å². The summed E-state index contributed by atoms with van der Waals surface area (Å²) < 4.78 is 17.8. The Balaban J connectivity index is 2.19.